The number of ether oxygens (including phenoxy) is 2. The number of benzene rings is 1. The summed E-state index contributed by atoms with van der Waals surface area (Å²) in [5.41, 5.74) is 0. The van der Waals surface area contributed by atoms with Crippen molar-refractivity contribution in [3.05, 3.63) is 23.2 Å². The quantitative estimate of drug-likeness (QED) is 0.440. The topological polar surface area (TPSA) is 52.6 Å². The lowest BCUT2D eigenvalue weighted by molar-refractivity contribution is -0.145. The molecule has 6 heteroatoms. The summed E-state index contributed by atoms with van der Waals surface area (Å²) in [5.74, 6) is 0.162. The average molecular weight is 303 g/mol. The van der Waals surface area contributed by atoms with Crippen LogP contribution in [0.4, 0.5) is 0 Å². The molecule has 0 radical (unpaired) electrons. The molecule has 104 valence electrons. The maximum Gasteiger partial charge on any atom is 0.313 e. The van der Waals surface area contributed by atoms with E-state index in [2.05, 4.69) is 0 Å². The SMILES string of the molecule is CCOC(=O)CC(=O)CSc1cc(Cl)cc(OC)c1. The Labute approximate surface area is 121 Å². The third-order valence-corrected chi connectivity index (χ3v) is 3.38. The molecule has 0 bridgehead atoms. The van der Waals surface area contributed by atoms with Crippen molar-refractivity contribution < 1.29 is 19.1 Å². The van der Waals surface area contributed by atoms with Crippen LogP contribution in [0.3, 0.4) is 0 Å². The van der Waals surface area contributed by atoms with Crippen LogP contribution in [0.2, 0.25) is 5.02 Å². The normalized spacial score (nSPS) is 10.1. The van der Waals surface area contributed by atoms with Crippen LogP contribution in [0.1, 0.15) is 13.3 Å². The lowest BCUT2D eigenvalue weighted by Gasteiger charge is -2.05. The summed E-state index contributed by atoms with van der Waals surface area (Å²) in [4.78, 5) is 23.5. The third-order valence-electron chi connectivity index (χ3n) is 2.13. The lowest BCUT2D eigenvalue weighted by Crippen LogP contribution is -2.12. The Bertz CT molecular complexity index is 462. The molecule has 1 aromatic carbocycles. The van der Waals surface area contributed by atoms with Gasteiger partial charge in [-0.15, -0.1) is 11.8 Å². The molecule has 0 saturated carbocycles. The molecule has 0 aromatic heterocycles. The summed E-state index contributed by atoms with van der Waals surface area (Å²) in [5, 5.41) is 0.541. The highest BCUT2D eigenvalue weighted by atomic mass is 35.5. The van der Waals surface area contributed by atoms with E-state index >= 15 is 0 Å². The van der Waals surface area contributed by atoms with Gasteiger partial charge >= 0.3 is 5.97 Å². The number of carbonyl (C=O) groups excluding carboxylic acids is 2. The summed E-state index contributed by atoms with van der Waals surface area (Å²) >= 11 is 7.23. The smallest absolute Gasteiger partial charge is 0.313 e. The number of esters is 1. The second-order valence-electron chi connectivity index (χ2n) is 3.64. The fourth-order valence-corrected chi connectivity index (χ4v) is 2.46. The Morgan fingerprint density at radius 1 is 1.32 bits per heavy atom. The highest BCUT2D eigenvalue weighted by molar-refractivity contribution is 8.00. The van der Waals surface area contributed by atoms with Crippen molar-refractivity contribution >= 4 is 35.1 Å². The van der Waals surface area contributed by atoms with Crippen LogP contribution in [0.15, 0.2) is 23.1 Å². The number of thioether (sulfide) groups is 1. The van der Waals surface area contributed by atoms with Crippen LogP contribution in [-0.4, -0.2) is 31.2 Å². The van der Waals surface area contributed by atoms with Gasteiger partial charge in [-0.2, -0.15) is 0 Å². The molecular weight excluding hydrogens is 288 g/mol. The van der Waals surface area contributed by atoms with Crippen LogP contribution in [-0.2, 0) is 14.3 Å². The number of rotatable bonds is 7. The maximum absolute atomic E-state index is 11.6. The molecule has 0 unspecified atom stereocenters. The summed E-state index contributed by atoms with van der Waals surface area (Å²) < 4.78 is 9.79. The first-order valence-corrected chi connectivity index (χ1v) is 7.06. The van der Waals surface area contributed by atoms with E-state index in [0.29, 0.717) is 10.8 Å². The molecule has 19 heavy (non-hydrogen) atoms. The first-order valence-electron chi connectivity index (χ1n) is 5.70. The van der Waals surface area contributed by atoms with Crippen molar-refractivity contribution in [2.75, 3.05) is 19.5 Å². The highest BCUT2D eigenvalue weighted by Gasteiger charge is 2.11. The second kappa shape index (κ2) is 8.07. The molecular formula is C13H15ClO4S. The Kier molecular flexibility index (Phi) is 6.73. The third kappa shape index (κ3) is 5.98. The van der Waals surface area contributed by atoms with Gasteiger partial charge in [0.25, 0.3) is 0 Å². The van der Waals surface area contributed by atoms with E-state index in [1.165, 1.54) is 11.8 Å². The molecule has 4 nitrogen and oxygen atoms in total. The molecule has 0 aliphatic carbocycles. The Morgan fingerprint density at radius 3 is 2.68 bits per heavy atom. The molecule has 0 N–H and O–H groups in total. The zero-order chi connectivity index (χ0) is 14.3. The monoisotopic (exact) mass is 302 g/mol. The van der Waals surface area contributed by atoms with Crippen LogP contribution in [0, 0.1) is 0 Å². The highest BCUT2D eigenvalue weighted by Crippen LogP contribution is 2.27. The largest absolute Gasteiger partial charge is 0.497 e. The van der Waals surface area contributed by atoms with Crippen LogP contribution in [0.5, 0.6) is 5.75 Å². The fourth-order valence-electron chi connectivity index (χ4n) is 1.33. The first-order chi connectivity index (χ1) is 9.05. The van der Waals surface area contributed by atoms with Crippen LogP contribution in [0.25, 0.3) is 0 Å². The second-order valence-corrected chi connectivity index (χ2v) is 5.12. The minimum atomic E-state index is -0.489. The first kappa shape index (κ1) is 15.9. The number of methoxy groups -OCH3 is 1. The van der Waals surface area contributed by atoms with Gasteiger partial charge < -0.3 is 9.47 Å². The van der Waals surface area contributed by atoms with E-state index < -0.39 is 5.97 Å². The number of halogens is 1. The van der Waals surface area contributed by atoms with Crippen LogP contribution < -0.4 is 4.74 Å². The standard InChI is InChI=1S/C13H15ClO4S/c1-3-18-13(16)6-10(15)8-19-12-5-9(14)4-11(7-12)17-2/h4-5,7H,3,6,8H2,1-2H3. The molecule has 1 rings (SSSR count). The average Bonchev–Trinajstić information content (AvgIpc) is 2.36. The Morgan fingerprint density at radius 2 is 2.05 bits per heavy atom. The summed E-state index contributed by atoms with van der Waals surface area (Å²) in [6.45, 7) is 1.99. The van der Waals surface area contributed by atoms with Gasteiger partial charge in [-0.3, -0.25) is 9.59 Å². The van der Waals surface area contributed by atoms with Crippen molar-refractivity contribution in [1.29, 1.82) is 0 Å². The molecule has 0 aliphatic rings. The van der Waals surface area contributed by atoms with E-state index in [-0.39, 0.29) is 24.6 Å². The van der Waals surface area contributed by atoms with Crippen molar-refractivity contribution in [3.63, 3.8) is 0 Å². The molecule has 0 saturated heterocycles. The predicted molar refractivity (Wildman–Crippen MR) is 75.0 cm³/mol. The van der Waals surface area contributed by atoms with Crippen molar-refractivity contribution in [2.24, 2.45) is 0 Å². The molecule has 0 fully saturated rings. The lowest BCUT2D eigenvalue weighted by atomic mass is 10.3. The maximum atomic E-state index is 11.6. The molecule has 0 heterocycles. The number of hydrogen-bond acceptors (Lipinski definition) is 5. The van der Waals surface area contributed by atoms with Crippen molar-refractivity contribution in [3.8, 4) is 5.75 Å². The zero-order valence-corrected chi connectivity index (χ0v) is 12.3. The van der Waals surface area contributed by atoms with E-state index in [1.807, 2.05) is 0 Å². The zero-order valence-electron chi connectivity index (χ0n) is 10.8. The van der Waals surface area contributed by atoms with E-state index in [1.54, 1.807) is 32.2 Å². The van der Waals surface area contributed by atoms with Gasteiger partial charge in [0.1, 0.15) is 12.2 Å². The van der Waals surface area contributed by atoms with Gasteiger partial charge in [-0.1, -0.05) is 11.6 Å². The summed E-state index contributed by atoms with van der Waals surface area (Å²) in [6, 6.07) is 5.21. The predicted octanol–water partition coefficient (Wildman–Crippen LogP) is 2.96. The van der Waals surface area contributed by atoms with E-state index in [4.69, 9.17) is 21.1 Å². The van der Waals surface area contributed by atoms with Gasteiger partial charge in [0.2, 0.25) is 0 Å². The van der Waals surface area contributed by atoms with Gasteiger partial charge in [0.05, 0.1) is 19.5 Å². The molecule has 1 aromatic rings. The fraction of sp³-hybridized carbons (Fsp3) is 0.385. The van der Waals surface area contributed by atoms with Crippen LogP contribution >= 0.6 is 23.4 Å². The Balaban J connectivity index is 2.50. The molecule has 0 spiro atoms. The number of ketones is 1. The van der Waals surface area contributed by atoms with E-state index in [9.17, 15) is 9.59 Å². The minimum Gasteiger partial charge on any atom is -0.497 e. The van der Waals surface area contributed by atoms with Crippen molar-refractivity contribution in [2.45, 2.75) is 18.2 Å². The number of Topliss-reactive ketones (excluding diaryl/α,β-unsaturated/α-hetero) is 1. The van der Waals surface area contributed by atoms with Gasteiger partial charge in [0.15, 0.2) is 5.78 Å². The number of hydrogen-bond donors (Lipinski definition) is 0. The number of carbonyl (C=O) groups is 2. The van der Waals surface area contributed by atoms with Gasteiger partial charge in [0, 0.05) is 9.92 Å². The Hall–Kier alpha value is -1.20. The summed E-state index contributed by atoms with van der Waals surface area (Å²) in [7, 11) is 1.55. The molecule has 0 amide bonds. The summed E-state index contributed by atoms with van der Waals surface area (Å²) in [6.07, 6.45) is -0.196. The van der Waals surface area contributed by atoms with Crippen molar-refractivity contribution in [1.82, 2.24) is 0 Å². The minimum absolute atomic E-state index is 0.178. The molecule has 0 aliphatic heterocycles. The van der Waals surface area contributed by atoms with Gasteiger partial charge in [-0.05, 0) is 25.1 Å². The molecule has 0 atom stereocenters. The van der Waals surface area contributed by atoms with E-state index in [0.717, 1.165) is 4.90 Å². The van der Waals surface area contributed by atoms with Gasteiger partial charge in [-0.25, -0.2) is 0 Å².